The highest BCUT2D eigenvalue weighted by Gasteiger charge is 2.28. The lowest BCUT2D eigenvalue weighted by atomic mass is 10.2. The van der Waals surface area contributed by atoms with Crippen LogP contribution in [0.25, 0.3) is 15.9 Å². The number of fused-ring (bicyclic) bond motifs is 1. The van der Waals surface area contributed by atoms with Gasteiger partial charge in [-0.3, -0.25) is 9.69 Å². The van der Waals surface area contributed by atoms with Crippen molar-refractivity contribution >= 4 is 27.5 Å². The second-order valence-corrected chi connectivity index (χ2v) is 8.98. The SMILES string of the molecule is Cc1c(C(=O)N2CCN(C(C)c3nc4ccccc4s3)CC2)cnn1-c1ccccc1. The lowest BCUT2D eigenvalue weighted by Crippen LogP contribution is -2.49. The molecule has 2 aromatic carbocycles. The molecular weight excluding hydrogens is 406 g/mol. The molecule has 1 saturated heterocycles. The number of nitrogens with zero attached hydrogens (tertiary/aromatic N) is 5. The third-order valence-corrected chi connectivity index (χ3v) is 7.26. The van der Waals surface area contributed by atoms with Crippen LogP contribution in [-0.4, -0.2) is 56.7 Å². The lowest BCUT2D eigenvalue weighted by Gasteiger charge is -2.37. The highest BCUT2D eigenvalue weighted by Crippen LogP contribution is 2.30. The molecule has 1 fully saturated rings. The van der Waals surface area contributed by atoms with E-state index < -0.39 is 0 Å². The zero-order valence-electron chi connectivity index (χ0n) is 17.7. The number of para-hydroxylation sites is 2. The lowest BCUT2D eigenvalue weighted by molar-refractivity contribution is 0.0581. The minimum Gasteiger partial charge on any atom is -0.336 e. The Kier molecular flexibility index (Phi) is 5.29. The average Bonchev–Trinajstić information content (AvgIpc) is 3.42. The third-order valence-electron chi connectivity index (χ3n) is 6.06. The van der Waals surface area contributed by atoms with Crippen LogP contribution in [0.3, 0.4) is 0 Å². The van der Waals surface area contributed by atoms with E-state index in [0.29, 0.717) is 18.7 Å². The normalized spacial score (nSPS) is 16.0. The second kappa shape index (κ2) is 8.24. The Labute approximate surface area is 185 Å². The average molecular weight is 432 g/mol. The Balaban J connectivity index is 1.26. The first kappa shape index (κ1) is 19.9. The molecule has 3 heterocycles. The van der Waals surface area contributed by atoms with Gasteiger partial charge in [-0.2, -0.15) is 5.10 Å². The van der Waals surface area contributed by atoms with E-state index >= 15 is 0 Å². The van der Waals surface area contributed by atoms with Crippen LogP contribution in [0.15, 0.2) is 60.8 Å². The number of carbonyl (C=O) groups excluding carboxylic acids is 1. The molecule has 31 heavy (non-hydrogen) atoms. The molecule has 1 atom stereocenters. The summed E-state index contributed by atoms with van der Waals surface area (Å²) in [6.07, 6.45) is 1.70. The van der Waals surface area contributed by atoms with Crippen LogP contribution in [0.5, 0.6) is 0 Å². The van der Waals surface area contributed by atoms with Gasteiger partial charge in [0.2, 0.25) is 0 Å². The maximum atomic E-state index is 13.2. The van der Waals surface area contributed by atoms with E-state index in [4.69, 9.17) is 4.98 Å². The van der Waals surface area contributed by atoms with Crippen molar-refractivity contribution in [3.63, 3.8) is 0 Å². The summed E-state index contributed by atoms with van der Waals surface area (Å²) < 4.78 is 3.06. The minimum absolute atomic E-state index is 0.0620. The van der Waals surface area contributed by atoms with Crippen LogP contribution in [0, 0.1) is 6.92 Å². The Hall–Kier alpha value is -3.03. The first-order chi connectivity index (χ1) is 15.1. The number of amides is 1. The summed E-state index contributed by atoms with van der Waals surface area (Å²) in [6, 6.07) is 18.4. The monoisotopic (exact) mass is 431 g/mol. The van der Waals surface area contributed by atoms with Gasteiger partial charge in [-0.25, -0.2) is 9.67 Å². The highest BCUT2D eigenvalue weighted by molar-refractivity contribution is 7.18. The molecular formula is C24H25N5OS. The van der Waals surface area contributed by atoms with Gasteiger partial charge in [-0.05, 0) is 38.1 Å². The molecule has 0 radical (unpaired) electrons. The number of hydrogen-bond acceptors (Lipinski definition) is 5. The van der Waals surface area contributed by atoms with Crippen molar-refractivity contribution < 1.29 is 4.79 Å². The zero-order chi connectivity index (χ0) is 21.4. The molecule has 1 amide bonds. The van der Waals surface area contributed by atoms with Crippen LogP contribution in [0.4, 0.5) is 0 Å². The van der Waals surface area contributed by atoms with Gasteiger partial charge in [0.25, 0.3) is 5.91 Å². The molecule has 0 aliphatic carbocycles. The van der Waals surface area contributed by atoms with Crippen molar-refractivity contribution in [1.29, 1.82) is 0 Å². The summed E-state index contributed by atoms with van der Waals surface area (Å²) >= 11 is 1.76. The Morgan fingerprint density at radius 2 is 1.71 bits per heavy atom. The fraction of sp³-hybridized carbons (Fsp3) is 0.292. The number of hydrogen-bond donors (Lipinski definition) is 0. The summed E-state index contributed by atoms with van der Waals surface area (Å²) in [6.45, 7) is 7.28. The predicted molar refractivity (Wildman–Crippen MR) is 124 cm³/mol. The highest BCUT2D eigenvalue weighted by atomic mass is 32.1. The van der Waals surface area contributed by atoms with Gasteiger partial charge in [0.1, 0.15) is 5.01 Å². The maximum absolute atomic E-state index is 13.2. The summed E-state index contributed by atoms with van der Waals surface area (Å²) in [7, 11) is 0. The molecule has 6 nitrogen and oxygen atoms in total. The van der Waals surface area contributed by atoms with Gasteiger partial charge in [-0.1, -0.05) is 30.3 Å². The van der Waals surface area contributed by atoms with Crippen LogP contribution in [0.2, 0.25) is 0 Å². The van der Waals surface area contributed by atoms with E-state index in [1.165, 1.54) is 4.70 Å². The van der Waals surface area contributed by atoms with Crippen LogP contribution < -0.4 is 0 Å². The van der Waals surface area contributed by atoms with Crippen molar-refractivity contribution in [2.24, 2.45) is 0 Å². The number of thiazole rings is 1. The molecule has 0 N–H and O–H groups in total. The molecule has 1 aliphatic rings. The van der Waals surface area contributed by atoms with E-state index in [2.05, 4.69) is 35.1 Å². The standard InChI is InChI=1S/C24H25N5OS/c1-17-20(16-25-29(17)19-8-4-3-5-9-19)24(30)28-14-12-27(13-15-28)18(2)23-26-21-10-6-7-11-22(21)31-23/h3-11,16,18H,12-15H2,1-2H3. The van der Waals surface area contributed by atoms with Crippen LogP contribution in [0.1, 0.15) is 34.0 Å². The molecule has 2 aromatic heterocycles. The quantitative estimate of drug-likeness (QED) is 0.483. The van der Waals surface area contributed by atoms with Crippen molar-refractivity contribution in [3.8, 4) is 5.69 Å². The topological polar surface area (TPSA) is 54.3 Å². The third kappa shape index (κ3) is 3.75. The van der Waals surface area contributed by atoms with E-state index in [-0.39, 0.29) is 11.9 Å². The van der Waals surface area contributed by atoms with Crippen LogP contribution in [-0.2, 0) is 0 Å². The molecule has 0 bridgehead atoms. The smallest absolute Gasteiger partial charge is 0.257 e. The summed E-state index contributed by atoms with van der Waals surface area (Å²) in [5.41, 5.74) is 3.58. The number of rotatable bonds is 4. The molecule has 0 saturated carbocycles. The molecule has 7 heteroatoms. The summed E-state index contributed by atoms with van der Waals surface area (Å²) in [5.74, 6) is 0.0620. The molecule has 1 aliphatic heterocycles. The van der Waals surface area contributed by atoms with Crippen LogP contribution >= 0.6 is 11.3 Å². The fourth-order valence-corrected chi connectivity index (χ4v) is 5.21. The largest absolute Gasteiger partial charge is 0.336 e. The number of benzene rings is 2. The van der Waals surface area contributed by atoms with Crippen molar-refractivity contribution in [2.75, 3.05) is 26.2 Å². The number of piperazine rings is 1. The fourth-order valence-electron chi connectivity index (χ4n) is 4.16. The van der Waals surface area contributed by atoms with Crippen molar-refractivity contribution in [3.05, 3.63) is 77.1 Å². The second-order valence-electron chi connectivity index (χ2n) is 7.91. The van der Waals surface area contributed by atoms with Crippen molar-refractivity contribution in [2.45, 2.75) is 19.9 Å². The predicted octanol–water partition coefficient (Wildman–Crippen LogP) is 4.31. The maximum Gasteiger partial charge on any atom is 0.257 e. The summed E-state index contributed by atoms with van der Waals surface area (Å²) in [4.78, 5) is 22.4. The van der Waals surface area contributed by atoms with E-state index in [9.17, 15) is 4.79 Å². The Bertz CT molecular complexity index is 1170. The van der Waals surface area contributed by atoms with E-state index in [1.807, 2.05) is 52.9 Å². The molecule has 4 aromatic rings. The van der Waals surface area contributed by atoms with Gasteiger partial charge in [-0.15, -0.1) is 11.3 Å². The van der Waals surface area contributed by atoms with Gasteiger partial charge in [0, 0.05) is 26.2 Å². The Morgan fingerprint density at radius 1 is 1.00 bits per heavy atom. The van der Waals surface area contributed by atoms with Gasteiger partial charge in [0.15, 0.2) is 0 Å². The number of aromatic nitrogens is 3. The Morgan fingerprint density at radius 3 is 2.45 bits per heavy atom. The molecule has 1 unspecified atom stereocenters. The van der Waals surface area contributed by atoms with Crippen molar-refractivity contribution in [1.82, 2.24) is 24.6 Å². The van der Waals surface area contributed by atoms with Gasteiger partial charge >= 0.3 is 0 Å². The number of carbonyl (C=O) groups is 1. The van der Waals surface area contributed by atoms with Gasteiger partial charge < -0.3 is 4.90 Å². The first-order valence-electron chi connectivity index (χ1n) is 10.6. The first-order valence-corrected chi connectivity index (χ1v) is 11.4. The van der Waals surface area contributed by atoms with Gasteiger partial charge in [0.05, 0.1) is 39.4 Å². The molecule has 158 valence electrons. The van der Waals surface area contributed by atoms with E-state index in [0.717, 1.165) is 35.0 Å². The summed E-state index contributed by atoms with van der Waals surface area (Å²) in [5, 5.41) is 5.60. The zero-order valence-corrected chi connectivity index (χ0v) is 18.5. The molecule has 5 rings (SSSR count). The minimum atomic E-state index is 0.0620. The van der Waals surface area contributed by atoms with E-state index in [1.54, 1.807) is 17.5 Å². The molecule has 0 spiro atoms.